The Balaban J connectivity index is 1.98. The first-order valence-corrected chi connectivity index (χ1v) is 6.57. The van der Waals surface area contributed by atoms with Crippen molar-refractivity contribution in [3.05, 3.63) is 28.8 Å². The number of aliphatic hydroxyl groups excluding tert-OH is 1. The van der Waals surface area contributed by atoms with Crippen molar-refractivity contribution in [1.29, 1.82) is 0 Å². The molecule has 1 atom stereocenters. The molecule has 2 nitrogen and oxygen atoms in total. The number of benzene rings is 1. The van der Waals surface area contributed by atoms with E-state index >= 15 is 0 Å². The third-order valence-corrected chi connectivity index (χ3v) is 3.76. The van der Waals surface area contributed by atoms with Crippen molar-refractivity contribution in [1.82, 2.24) is 0 Å². The number of rotatable bonds is 5. The minimum atomic E-state index is -0.285. The maximum Gasteiger partial charge on any atom is 0.122 e. The van der Waals surface area contributed by atoms with Gasteiger partial charge in [0.25, 0.3) is 0 Å². The molecule has 1 aromatic rings. The van der Waals surface area contributed by atoms with Gasteiger partial charge in [0.1, 0.15) is 5.75 Å². The van der Waals surface area contributed by atoms with Crippen LogP contribution in [0.3, 0.4) is 0 Å². The molecular weight excluding hydrogens is 236 g/mol. The molecule has 0 saturated heterocycles. The Bertz CT molecular complexity index is 374. The fraction of sp³-hybridized carbons (Fsp3) is 0.571. The average Bonchev–Trinajstić information content (AvgIpc) is 2.24. The quantitative estimate of drug-likeness (QED) is 0.872. The summed E-state index contributed by atoms with van der Waals surface area (Å²) in [5.74, 6) is 1.53. The number of hydrogen-bond acceptors (Lipinski definition) is 2. The second-order valence-electron chi connectivity index (χ2n) is 4.85. The van der Waals surface area contributed by atoms with Crippen molar-refractivity contribution in [2.24, 2.45) is 5.92 Å². The molecular formula is C14H19ClO2. The van der Waals surface area contributed by atoms with Gasteiger partial charge in [-0.3, -0.25) is 0 Å². The first kappa shape index (κ1) is 12.7. The Kier molecular flexibility index (Phi) is 4.30. The maximum atomic E-state index is 10.1. The lowest BCUT2D eigenvalue weighted by atomic mass is 9.80. The molecule has 0 aromatic heterocycles. The molecule has 17 heavy (non-hydrogen) atoms. The lowest BCUT2D eigenvalue weighted by Crippen LogP contribution is -2.21. The second-order valence-corrected chi connectivity index (χ2v) is 5.28. The van der Waals surface area contributed by atoms with Crippen LogP contribution in [0.2, 0.25) is 5.02 Å². The first-order chi connectivity index (χ1) is 8.19. The fourth-order valence-corrected chi connectivity index (χ4v) is 2.55. The molecule has 0 heterocycles. The lowest BCUT2D eigenvalue weighted by molar-refractivity contribution is 0.117. The number of aliphatic hydroxyl groups is 1. The van der Waals surface area contributed by atoms with E-state index in [9.17, 15) is 5.11 Å². The molecule has 0 spiro atoms. The van der Waals surface area contributed by atoms with Gasteiger partial charge in [0.05, 0.1) is 13.2 Å². The topological polar surface area (TPSA) is 29.5 Å². The van der Waals surface area contributed by atoms with Crippen LogP contribution >= 0.6 is 11.6 Å². The van der Waals surface area contributed by atoms with Crippen LogP contribution < -0.4 is 4.74 Å². The van der Waals surface area contributed by atoms with Crippen molar-refractivity contribution in [2.75, 3.05) is 7.11 Å². The van der Waals surface area contributed by atoms with Crippen LogP contribution in [0, 0.1) is 5.92 Å². The summed E-state index contributed by atoms with van der Waals surface area (Å²) >= 11 is 5.96. The number of hydrogen-bond donors (Lipinski definition) is 1. The van der Waals surface area contributed by atoms with E-state index in [1.807, 2.05) is 18.2 Å². The number of methoxy groups -OCH3 is 1. The molecule has 2 rings (SSSR count). The minimum Gasteiger partial charge on any atom is -0.496 e. The molecule has 1 aliphatic carbocycles. The van der Waals surface area contributed by atoms with E-state index in [2.05, 4.69) is 0 Å². The minimum absolute atomic E-state index is 0.285. The van der Waals surface area contributed by atoms with Gasteiger partial charge in [-0.1, -0.05) is 30.9 Å². The van der Waals surface area contributed by atoms with Gasteiger partial charge in [-0.15, -0.1) is 0 Å². The average molecular weight is 255 g/mol. The van der Waals surface area contributed by atoms with Crippen molar-refractivity contribution in [3.8, 4) is 5.75 Å². The Morgan fingerprint density at radius 2 is 2.24 bits per heavy atom. The molecule has 0 bridgehead atoms. The Morgan fingerprint density at radius 3 is 2.82 bits per heavy atom. The van der Waals surface area contributed by atoms with Crippen molar-refractivity contribution >= 4 is 11.6 Å². The highest BCUT2D eigenvalue weighted by atomic mass is 35.5. The molecule has 1 unspecified atom stereocenters. The molecule has 0 aliphatic heterocycles. The highest BCUT2D eigenvalue weighted by molar-refractivity contribution is 6.30. The molecule has 0 amide bonds. The molecule has 1 saturated carbocycles. The van der Waals surface area contributed by atoms with Crippen LogP contribution in [-0.2, 0) is 6.42 Å². The molecule has 3 heteroatoms. The Labute approximate surface area is 108 Å². The monoisotopic (exact) mass is 254 g/mol. The molecule has 1 aliphatic rings. The molecule has 1 aromatic carbocycles. The molecule has 1 fully saturated rings. The summed E-state index contributed by atoms with van der Waals surface area (Å²) in [6.07, 6.45) is 5.09. The molecule has 94 valence electrons. The Morgan fingerprint density at radius 1 is 1.47 bits per heavy atom. The molecule has 0 radical (unpaired) electrons. The lowest BCUT2D eigenvalue weighted by Gasteiger charge is -2.27. The van der Waals surface area contributed by atoms with E-state index in [4.69, 9.17) is 16.3 Å². The fourth-order valence-electron chi connectivity index (χ4n) is 2.36. The van der Waals surface area contributed by atoms with Crippen LogP contribution in [-0.4, -0.2) is 18.3 Å². The zero-order valence-electron chi connectivity index (χ0n) is 10.2. The second kappa shape index (κ2) is 5.74. The summed E-state index contributed by atoms with van der Waals surface area (Å²) in [4.78, 5) is 0. The largest absolute Gasteiger partial charge is 0.496 e. The smallest absolute Gasteiger partial charge is 0.122 e. The van der Waals surface area contributed by atoms with Crippen molar-refractivity contribution in [3.63, 3.8) is 0 Å². The number of halogens is 1. The van der Waals surface area contributed by atoms with E-state index in [-0.39, 0.29) is 6.10 Å². The SMILES string of the molecule is COc1ccc(Cl)cc1CC(O)CC1CCC1. The summed E-state index contributed by atoms with van der Waals surface area (Å²) in [5.41, 5.74) is 0.992. The van der Waals surface area contributed by atoms with Gasteiger partial charge >= 0.3 is 0 Å². The van der Waals surface area contributed by atoms with Crippen LogP contribution in [0.15, 0.2) is 18.2 Å². The highest BCUT2D eigenvalue weighted by Gasteiger charge is 2.21. The van der Waals surface area contributed by atoms with E-state index in [1.54, 1.807) is 7.11 Å². The van der Waals surface area contributed by atoms with Gasteiger partial charge in [0.2, 0.25) is 0 Å². The van der Waals surface area contributed by atoms with Gasteiger partial charge in [-0.25, -0.2) is 0 Å². The first-order valence-electron chi connectivity index (χ1n) is 6.19. The van der Waals surface area contributed by atoms with E-state index < -0.39 is 0 Å². The van der Waals surface area contributed by atoms with Gasteiger partial charge in [0, 0.05) is 11.4 Å². The van der Waals surface area contributed by atoms with E-state index in [0.717, 1.165) is 23.7 Å². The van der Waals surface area contributed by atoms with Crippen LogP contribution in [0.1, 0.15) is 31.2 Å². The summed E-state index contributed by atoms with van der Waals surface area (Å²) in [6.45, 7) is 0. The van der Waals surface area contributed by atoms with Crippen molar-refractivity contribution in [2.45, 2.75) is 38.2 Å². The Hall–Kier alpha value is -0.730. The summed E-state index contributed by atoms with van der Waals surface area (Å²) < 4.78 is 5.28. The summed E-state index contributed by atoms with van der Waals surface area (Å²) in [6, 6.07) is 5.54. The zero-order valence-corrected chi connectivity index (χ0v) is 10.9. The van der Waals surface area contributed by atoms with Gasteiger partial charge in [0.15, 0.2) is 0 Å². The molecule has 1 N–H and O–H groups in total. The third-order valence-electron chi connectivity index (χ3n) is 3.53. The standard InChI is InChI=1S/C14H19ClO2/c1-17-14-6-5-12(15)8-11(14)9-13(16)7-10-3-2-4-10/h5-6,8,10,13,16H,2-4,7,9H2,1H3. The third kappa shape index (κ3) is 3.36. The van der Waals surface area contributed by atoms with Gasteiger partial charge in [-0.2, -0.15) is 0 Å². The van der Waals surface area contributed by atoms with Gasteiger partial charge < -0.3 is 9.84 Å². The van der Waals surface area contributed by atoms with Crippen molar-refractivity contribution < 1.29 is 9.84 Å². The summed E-state index contributed by atoms with van der Waals surface area (Å²) in [5, 5.41) is 10.7. The predicted molar refractivity (Wildman–Crippen MR) is 69.7 cm³/mol. The number of ether oxygens (including phenoxy) is 1. The van der Waals surface area contributed by atoms with Crippen LogP contribution in [0.5, 0.6) is 5.75 Å². The normalized spacial score (nSPS) is 17.6. The van der Waals surface area contributed by atoms with Crippen LogP contribution in [0.25, 0.3) is 0 Å². The van der Waals surface area contributed by atoms with E-state index in [1.165, 1.54) is 19.3 Å². The summed E-state index contributed by atoms with van der Waals surface area (Å²) in [7, 11) is 1.64. The maximum absolute atomic E-state index is 10.1. The van der Waals surface area contributed by atoms with Gasteiger partial charge in [-0.05, 0) is 36.1 Å². The highest BCUT2D eigenvalue weighted by Crippen LogP contribution is 2.32. The van der Waals surface area contributed by atoms with Crippen LogP contribution in [0.4, 0.5) is 0 Å². The van der Waals surface area contributed by atoms with E-state index in [0.29, 0.717) is 11.4 Å². The predicted octanol–water partition coefficient (Wildman–Crippen LogP) is 3.44. The zero-order chi connectivity index (χ0) is 12.3.